The first-order valence-corrected chi connectivity index (χ1v) is 13.8. The van der Waals surface area contributed by atoms with E-state index in [-0.39, 0.29) is 46.3 Å². The van der Waals surface area contributed by atoms with E-state index in [4.69, 9.17) is 5.73 Å². The van der Waals surface area contributed by atoms with Gasteiger partial charge in [-0.05, 0) is 54.1 Å². The monoisotopic (exact) mass is 504 g/mol. The van der Waals surface area contributed by atoms with Crippen LogP contribution >= 0.6 is 11.4 Å². The smallest absolute Gasteiger partial charge is 0.244 e. The quantitative estimate of drug-likeness (QED) is 0.231. The fourth-order valence-corrected chi connectivity index (χ4v) is 6.73. The van der Waals surface area contributed by atoms with Crippen LogP contribution in [0.25, 0.3) is 0 Å². The number of carbonyl (C=O) groups excluding carboxylic acids is 3. The summed E-state index contributed by atoms with van der Waals surface area (Å²) in [4.78, 5) is 40.5. The van der Waals surface area contributed by atoms with Crippen LogP contribution in [0.15, 0.2) is 0 Å². The highest BCUT2D eigenvalue weighted by Gasteiger charge is 2.69. The Hall–Kier alpha value is -1.96. The molecule has 2 heterocycles. The Balaban J connectivity index is 1.39. The molecule has 194 valence electrons. The van der Waals surface area contributed by atoms with E-state index in [1.54, 1.807) is 4.90 Å². The van der Waals surface area contributed by atoms with Gasteiger partial charge in [-0.2, -0.15) is 16.6 Å². The molecule has 4 aliphatic rings. The molecule has 0 aromatic rings. The highest BCUT2D eigenvalue weighted by molar-refractivity contribution is 7.98. The summed E-state index contributed by atoms with van der Waals surface area (Å²) in [6.45, 7) is 9.59. The fraction of sp³-hybridized carbons (Fsp3) is 0.800. The average Bonchev–Trinajstić information content (AvgIpc) is 3.54. The molecule has 4 rings (SSSR count). The predicted molar refractivity (Wildman–Crippen MR) is 137 cm³/mol. The van der Waals surface area contributed by atoms with Gasteiger partial charge in [-0.1, -0.05) is 27.7 Å². The molecule has 0 unspecified atom stereocenters. The molecule has 2 aliphatic carbocycles. The summed E-state index contributed by atoms with van der Waals surface area (Å²) in [5.74, 6) is 0.518. The molecule has 0 radical (unpaired) electrons. The van der Waals surface area contributed by atoms with Crippen molar-refractivity contribution in [3.05, 3.63) is 0 Å². The van der Waals surface area contributed by atoms with Crippen molar-refractivity contribution < 1.29 is 14.4 Å². The topological polar surface area (TPSA) is 140 Å². The number of nitriles is 1. The van der Waals surface area contributed by atoms with Crippen LogP contribution in [-0.4, -0.2) is 64.7 Å². The van der Waals surface area contributed by atoms with Crippen LogP contribution in [-0.2, 0) is 14.4 Å². The van der Waals surface area contributed by atoms with Gasteiger partial charge in [-0.3, -0.25) is 25.4 Å². The minimum absolute atomic E-state index is 0.00170. The van der Waals surface area contributed by atoms with Gasteiger partial charge in [-0.15, -0.1) is 0 Å². The van der Waals surface area contributed by atoms with Crippen LogP contribution in [0.5, 0.6) is 0 Å². The summed E-state index contributed by atoms with van der Waals surface area (Å²) in [5.41, 5.74) is 5.85. The first-order valence-electron chi connectivity index (χ1n) is 12.8. The van der Waals surface area contributed by atoms with Gasteiger partial charge in [0.1, 0.15) is 12.1 Å². The maximum Gasteiger partial charge on any atom is 0.244 e. The standard InChI is InChI=1S/C25H40N6O3S/c1-24(2,13-35-23(27)30-15-5-6-15)10-18(32)31-12-17-19(25(17,3)4)20(31)22(34)29-16(11-26)9-14-7-8-28-21(14)33/h14-17,19-20,30,35H,5-10,12-13,27H2,1-4H3,(H,28,33)(H,29,34)/t14-,16-,17-,19-,20-/m0/s1. The van der Waals surface area contributed by atoms with E-state index in [9.17, 15) is 19.6 Å². The Kier molecular flexibility index (Phi) is 7.33. The molecule has 2 saturated heterocycles. The van der Waals surface area contributed by atoms with Crippen LogP contribution in [0, 0.1) is 39.9 Å². The normalized spacial score (nSPS) is 30.6. The molecule has 3 amide bonds. The number of nitrogens with zero attached hydrogens (tertiary/aromatic N) is 2. The number of likely N-dealkylation sites (tertiary alicyclic amines) is 1. The minimum Gasteiger partial charge on any atom is -0.356 e. The molecule has 35 heavy (non-hydrogen) atoms. The van der Waals surface area contributed by atoms with Gasteiger partial charge in [0.25, 0.3) is 0 Å². The first-order chi connectivity index (χ1) is 16.4. The molecule has 10 heteroatoms. The van der Waals surface area contributed by atoms with Gasteiger partial charge in [0.2, 0.25) is 17.7 Å². The van der Waals surface area contributed by atoms with Crippen molar-refractivity contribution in [2.45, 2.75) is 77.9 Å². The van der Waals surface area contributed by atoms with Gasteiger partial charge in [0.05, 0.1) is 11.2 Å². The van der Waals surface area contributed by atoms with Crippen molar-refractivity contribution in [3.8, 4) is 6.07 Å². The van der Waals surface area contributed by atoms with Crippen molar-refractivity contribution in [3.63, 3.8) is 0 Å². The van der Waals surface area contributed by atoms with Crippen LogP contribution in [0.4, 0.5) is 0 Å². The molecule has 5 atom stereocenters. The molecule has 4 fully saturated rings. The molecule has 2 aliphatic heterocycles. The number of fused-ring (bicyclic) bond motifs is 1. The molecule has 0 spiro atoms. The summed E-state index contributed by atoms with van der Waals surface area (Å²) < 4.78 is 0. The third-order valence-corrected chi connectivity index (χ3v) is 9.67. The average molecular weight is 505 g/mol. The predicted octanol–water partition coefficient (Wildman–Crippen LogP) is 0.684. The molecule has 0 aromatic heterocycles. The lowest BCUT2D eigenvalue weighted by Crippen LogP contribution is -2.52. The summed E-state index contributed by atoms with van der Waals surface area (Å²) in [6.07, 6.45) is 3.63. The third-order valence-electron chi connectivity index (χ3n) is 8.19. The Morgan fingerprint density at radius 2 is 2.06 bits per heavy atom. The van der Waals surface area contributed by atoms with Gasteiger partial charge in [0.15, 0.2) is 0 Å². The molecule has 9 nitrogen and oxygen atoms in total. The maximum atomic E-state index is 13.4. The van der Waals surface area contributed by atoms with E-state index in [1.807, 2.05) is 0 Å². The Bertz CT molecular complexity index is 953. The number of rotatable bonds is 9. The second-order valence-electron chi connectivity index (χ2n) is 12.1. The number of nitrogens with two attached hydrogens (primary N) is 1. The van der Waals surface area contributed by atoms with Crippen molar-refractivity contribution in [1.29, 1.82) is 5.26 Å². The number of amides is 3. The lowest BCUT2D eigenvalue weighted by Gasteiger charge is -2.33. The highest BCUT2D eigenvalue weighted by Crippen LogP contribution is 2.65. The minimum atomic E-state index is -0.748. The third kappa shape index (κ3) is 5.89. The Morgan fingerprint density at radius 1 is 1.34 bits per heavy atom. The van der Waals surface area contributed by atoms with E-state index in [1.165, 1.54) is 0 Å². The molecule has 0 bridgehead atoms. The second-order valence-corrected chi connectivity index (χ2v) is 13.2. The number of nitrogens with one attached hydrogen (secondary N) is 3. The molecule has 2 saturated carbocycles. The van der Waals surface area contributed by atoms with E-state index in [0.717, 1.165) is 35.1 Å². The summed E-state index contributed by atoms with van der Waals surface area (Å²) in [5, 5.41) is 19.3. The second kappa shape index (κ2) is 9.83. The zero-order valence-electron chi connectivity index (χ0n) is 21.3. The summed E-state index contributed by atoms with van der Waals surface area (Å²) in [6, 6.07) is 1.33. The maximum absolute atomic E-state index is 13.4. The Morgan fingerprint density at radius 3 is 2.66 bits per heavy atom. The van der Waals surface area contributed by atoms with Crippen LogP contribution in [0.2, 0.25) is 0 Å². The molecular weight excluding hydrogens is 464 g/mol. The molecular formula is C25H40N6O3S. The van der Waals surface area contributed by atoms with Crippen LogP contribution < -0.4 is 21.7 Å². The zero-order chi connectivity index (χ0) is 25.5. The zero-order valence-corrected chi connectivity index (χ0v) is 22.2. The summed E-state index contributed by atoms with van der Waals surface area (Å²) in [7, 11) is 0. The number of carbonyl (C=O) groups is 3. The van der Waals surface area contributed by atoms with Crippen LogP contribution in [0.3, 0.4) is 0 Å². The van der Waals surface area contributed by atoms with E-state index in [2.05, 4.69) is 49.7 Å². The number of piperidine rings is 1. The summed E-state index contributed by atoms with van der Waals surface area (Å²) >= 11 is 0.994. The van der Waals surface area contributed by atoms with Crippen molar-refractivity contribution in [2.75, 3.05) is 18.8 Å². The molecule has 5 N–H and O–H groups in total. The first kappa shape index (κ1) is 26.1. The van der Waals surface area contributed by atoms with E-state index >= 15 is 0 Å². The number of hydrogen-bond donors (Lipinski definition) is 5. The molecule has 0 aromatic carbocycles. The number of hydrogen-bond acceptors (Lipinski definition) is 4. The lowest BCUT2D eigenvalue weighted by molar-refractivity contribution is -0.141. The van der Waals surface area contributed by atoms with Gasteiger partial charge < -0.3 is 15.5 Å². The lowest BCUT2D eigenvalue weighted by atomic mass is 9.90. The van der Waals surface area contributed by atoms with Gasteiger partial charge in [0, 0.05) is 31.5 Å². The van der Waals surface area contributed by atoms with E-state index in [0.29, 0.717) is 38.4 Å². The fourth-order valence-electron chi connectivity index (χ4n) is 5.75. The SMILES string of the molecule is CC(C)(C/[SH]=C(\N)NC1CC1)CC(=O)N1C[C@H]2[C@@H]([C@H]1C(=O)N[C@H](C#N)C[C@@H]1CCNC1=O)C2(C)C. The highest BCUT2D eigenvalue weighted by atomic mass is 32.1. The van der Waals surface area contributed by atoms with Crippen molar-refractivity contribution >= 4 is 34.2 Å². The largest absolute Gasteiger partial charge is 0.356 e. The van der Waals surface area contributed by atoms with E-state index < -0.39 is 12.1 Å². The Labute approximate surface area is 211 Å². The van der Waals surface area contributed by atoms with Gasteiger partial charge in [-0.25, -0.2) is 0 Å². The van der Waals surface area contributed by atoms with Crippen molar-refractivity contribution in [2.24, 2.45) is 34.3 Å². The number of thiol groups is 1. The van der Waals surface area contributed by atoms with Crippen molar-refractivity contribution in [1.82, 2.24) is 20.9 Å². The van der Waals surface area contributed by atoms with Gasteiger partial charge >= 0.3 is 0 Å². The van der Waals surface area contributed by atoms with Crippen LogP contribution in [0.1, 0.15) is 59.8 Å².